The normalized spacial score (nSPS) is 9.87. The zero-order valence-electron chi connectivity index (χ0n) is 8.03. The summed E-state index contributed by atoms with van der Waals surface area (Å²) < 4.78 is 23.7. The van der Waals surface area contributed by atoms with Gasteiger partial charge in [0.2, 0.25) is 10.0 Å². The fraction of sp³-hybridized carbons (Fsp3) is 0.143. The number of sulfonamides is 1. The number of benzene rings is 1. The molecule has 0 bridgehead atoms. The van der Waals surface area contributed by atoms with E-state index in [9.17, 15) is 8.42 Å². The van der Waals surface area contributed by atoms with Gasteiger partial charge in [-0.25, -0.2) is 8.42 Å². The Bertz CT molecular complexity index is 363. The van der Waals surface area contributed by atoms with Gasteiger partial charge in [0, 0.05) is 5.69 Å². The summed E-state index contributed by atoms with van der Waals surface area (Å²) in [4.78, 5) is 0. The Balaban J connectivity index is 0.000000423. The van der Waals surface area contributed by atoms with Gasteiger partial charge in [-0.3, -0.25) is 4.72 Å². The highest BCUT2D eigenvalue weighted by molar-refractivity contribution is 7.92. The predicted molar refractivity (Wildman–Crippen MR) is 57.3 cm³/mol. The van der Waals surface area contributed by atoms with Crippen molar-refractivity contribution in [3.8, 4) is 0 Å². The van der Waals surface area contributed by atoms with E-state index >= 15 is 0 Å². The maximum atomic E-state index is 10.7. The quantitative estimate of drug-likeness (QED) is 0.490. The second-order valence-electron chi connectivity index (χ2n) is 2.59. The fourth-order valence-corrected chi connectivity index (χ4v) is 1.28. The largest absolute Gasteiger partial charge is 0.631 e. The van der Waals surface area contributed by atoms with Crippen LogP contribution in [0.15, 0.2) is 30.3 Å². The van der Waals surface area contributed by atoms with E-state index in [-0.39, 0.29) is 0 Å². The number of para-hydroxylation sites is 1. The summed E-state index contributed by atoms with van der Waals surface area (Å²) in [6.07, 6.45) is 1.12. The number of rotatable bonds is 2. The first-order chi connectivity index (χ1) is 6.81. The van der Waals surface area contributed by atoms with Gasteiger partial charge < -0.3 is 15.1 Å². The molecule has 8 heteroatoms. The molecule has 4 N–H and O–H groups in total. The van der Waals surface area contributed by atoms with Crippen molar-refractivity contribution in [2.45, 2.75) is 0 Å². The first-order valence-corrected chi connectivity index (χ1v) is 5.77. The Morgan fingerprint density at radius 3 is 1.87 bits per heavy atom. The minimum atomic E-state index is -3.13. The van der Waals surface area contributed by atoms with Crippen molar-refractivity contribution in [2.24, 2.45) is 0 Å². The fourth-order valence-electron chi connectivity index (χ4n) is 0.720. The van der Waals surface area contributed by atoms with Crippen LogP contribution < -0.4 is 4.72 Å². The maximum absolute atomic E-state index is 10.7. The molecule has 0 atom stereocenters. The Morgan fingerprint density at radius 1 is 1.13 bits per heavy atom. The molecule has 0 saturated heterocycles. The first kappa shape index (κ1) is 13.9. The summed E-state index contributed by atoms with van der Waals surface area (Å²) in [5.74, 6) is 0. The van der Waals surface area contributed by atoms with Gasteiger partial charge in [0.25, 0.3) is 0 Å². The van der Waals surface area contributed by atoms with Crippen LogP contribution in [-0.4, -0.2) is 37.1 Å². The lowest BCUT2D eigenvalue weighted by Crippen LogP contribution is -2.08. The van der Waals surface area contributed by atoms with Crippen LogP contribution >= 0.6 is 0 Å². The molecule has 0 radical (unpaired) electrons. The summed E-state index contributed by atoms with van der Waals surface area (Å²) in [6.45, 7) is 0. The van der Waals surface area contributed by atoms with Gasteiger partial charge in [0.15, 0.2) is 0 Å². The Morgan fingerprint density at radius 2 is 1.53 bits per heavy atom. The molecular formula is C7H12BNO5S. The van der Waals surface area contributed by atoms with E-state index in [4.69, 9.17) is 15.1 Å². The monoisotopic (exact) mass is 233 g/mol. The Hall–Kier alpha value is -1.09. The van der Waals surface area contributed by atoms with E-state index < -0.39 is 17.3 Å². The molecule has 0 saturated carbocycles. The third-order valence-electron chi connectivity index (χ3n) is 1.08. The molecule has 1 rings (SSSR count). The first-order valence-electron chi connectivity index (χ1n) is 3.88. The second-order valence-corrected chi connectivity index (χ2v) is 4.34. The zero-order valence-corrected chi connectivity index (χ0v) is 8.85. The molecule has 0 heterocycles. The van der Waals surface area contributed by atoms with Crippen LogP contribution in [0.1, 0.15) is 0 Å². The van der Waals surface area contributed by atoms with Crippen molar-refractivity contribution in [1.82, 2.24) is 0 Å². The van der Waals surface area contributed by atoms with E-state index in [0.29, 0.717) is 5.69 Å². The van der Waals surface area contributed by atoms with Crippen molar-refractivity contribution >= 4 is 23.0 Å². The molecule has 0 aliphatic rings. The van der Waals surface area contributed by atoms with Crippen LogP contribution in [-0.2, 0) is 10.0 Å². The summed E-state index contributed by atoms with van der Waals surface area (Å²) in [5, 5.41) is 21.5. The molecule has 84 valence electrons. The number of hydrogen-bond acceptors (Lipinski definition) is 5. The molecule has 0 aliphatic carbocycles. The highest BCUT2D eigenvalue weighted by Gasteiger charge is 1.98. The van der Waals surface area contributed by atoms with E-state index in [1.165, 1.54) is 0 Å². The van der Waals surface area contributed by atoms with Gasteiger partial charge in [-0.05, 0) is 12.1 Å². The average Bonchev–Trinajstić information content (AvgIpc) is 2.01. The molecule has 0 fully saturated rings. The topological polar surface area (TPSA) is 107 Å². The van der Waals surface area contributed by atoms with E-state index in [0.717, 1.165) is 6.26 Å². The predicted octanol–water partition coefficient (Wildman–Crippen LogP) is -0.994. The summed E-state index contributed by atoms with van der Waals surface area (Å²) >= 11 is 0. The van der Waals surface area contributed by atoms with Gasteiger partial charge in [0.05, 0.1) is 6.26 Å². The number of anilines is 1. The molecule has 0 unspecified atom stereocenters. The van der Waals surface area contributed by atoms with Gasteiger partial charge in [-0.1, -0.05) is 18.2 Å². The van der Waals surface area contributed by atoms with Crippen LogP contribution in [0.3, 0.4) is 0 Å². The van der Waals surface area contributed by atoms with Gasteiger partial charge >= 0.3 is 7.32 Å². The van der Waals surface area contributed by atoms with Crippen molar-refractivity contribution in [2.75, 3.05) is 11.0 Å². The minimum Gasteiger partial charge on any atom is -0.402 e. The molecule has 1 aromatic carbocycles. The van der Waals surface area contributed by atoms with Gasteiger partial charge in [-0.2, -0.15) is 0 Å². The lowest BCUT2D eigenvalue weighted by atomic mass is 10.3. The average molecular weight is 233 g/mol. The highest BCUT2D eigenvalue weighted by atomic mass is 32.2. The summed E-state index contributed by atoms with van der Waals surface area (Å²) in [7, 11) is -5.29. The maximum Gasteiger partial charge on any atom is 0.631 e. The van der Waals surface area contributed by atoms with Crippen LogP contribution in [0.25, 0.3) is 0 Å². The Kier molecular flexibility index (Phi) is 5.94. The standard InChI is InChI=1S/C7H9NO2S.BH3O3/c1-11(9,10)8-7-5-3-2-4-6-7;2-1(3)4/h2-6,8H,1H3;2-4H. The van der Waals surface area contributed by atoms with Crippen molar-refractivity contribution < 1.29 is 23.5 Å². The van der Waals surface area contributed by atoms with Gasteiger partial charge in [0.1, 0.15) is 0 Å². The van der Waals surface area contributed by atoms with Gasteiger partial charge in [-0.15, -0.1) is 0 Å². The van der Waals surface area contributed by atoms with Crippen molar-refractivity contribution in [3.63, 3.8) is 0 Å². The van der Waals surface area contributed by atoms with Crippen molar-refractivity contribution in [3.05, 3.63) is 30.3 Å². The molecule has 1 aromatic rings. The zero-order chi connectivity index (χ0) is 11.9. The van der Waals surface area contributed by atoms with Crippen LogP contribution in [0, 0.1) is 0 Å². The SMILES string of the molecule is CS(=O)(=O)Nc1ccccc1.OB(O)O. The third-order valence-corrected chi connectivity index (χ3v) is 1.68. The molecular weight excluding hydrogens is 221 g/mol. The second kappa shape index (κ2) is 6.41. The smallest absolute Gasteiger partial charge is 0.402 e. The summed E-state index contributed by atoms with van der Waals surface area (Å²) in [5.41, 5.74) is 0.593. The third kappa shape index (κ3) is 10.8. The van der Waals surface area contributed by atoms with E-state index in [1.807, 2.05) is 6.07 Å². The molecule has 15 heavy (non-hydrogen) atoms. The highest BCUT2D eigenvalue weighted by Crippen LogP contribution is 2.05. The lowest BCUT2D eigenvalue weighted by molar-refractivity contribution is 0.278. The van der Waals surface area contributed by atoms with Crippen molar-refractivity contribution in [1.29, 1.82) is 0 Å². The van der Waals surface area contributed by atoms with Crippen LogP contribution in [0.2, 0.25) is 0 Å². The molecule has 0 spiro atoms. The minimum absolute atomic E-state index is 0.593. The molecule has 0 amide bonds. The molecule has 0 aromatic heterocycles. The molecule has 0 aliphatic heterocycles. The summed E-state index contributed by atoms with van der Waals surface area (Å²) in [6, 6.07) is 8.76. The van der Waals surface area contributed by atoms with E-state index in [1.54, 1.807) is 24.3 Å². The molecule has 6 nitrogen and oxygen atoms in total. The van der Waals surface area contributed by atoms with Crippen LogP contribution in [0.4, 0.5) is 5.69 Å². The van der Waals surface area contributed by atoms with E-state index in [2.05, 4.69) is 4.72 Å². The van der Waals surface area contributed by atoms with Crippen LogP contribution in [0.5, 0.6) is 0 Å². The Labute approximate surface area is 88.4 Å². The lowest BCUT2D eigenvalue weighted by Gasteiger charge is -2.00. The number of hydrogen-bond donors (Lipinski definition) is 4. The number of nitrogens with one attached hydrogen (secondary N) is 1.